The number of aryl methyl sites for hydroxylation is 1. The van der Waals surface area contributed by atoms with Crippen molar-refractivity contribution in [2.45, 2.75) is 16.7 Å². The first kappa shape index (κ1) is 11.9. The van der Waals surface area contributed by atoms with Crippen LogP contribution in [-0.4, -0.2) is 4.98 Å². The van der Waals surface area contributed by atoms with Gasteiger partial charge in [0.25, 0.3) is 0 Å². The van der Waals surface area contributed by atoms with Crippen LogP contribution in [0.15, 0.2) is 55.4 Å². The molecule has 3 aromatic rings. The zero-order chi connectivity index (χ0) is 13.4. The summed E-state index contributed by atoms with van der Waals surface area (Å²) < 4.78 is 4.97. The molecule has 0 amide bonds. The highest BCUT2D eigenvalue weighted by Gasteiger charge is 2.08. The van der Waals surface area contributed by atoms with Gasteiger partial charge < -0.3 is 10.2 Å². The third-order valence-electron chi connectivity index (χ3n) is 2.80. The number of benzene rings is 2. The summed E-state index contributed by atoms with van der Waals surface area (Å²) in [5.41, 5.74) is 8.93. The number of anilines is 1. The normalized spacial score (nSPS) is 11.0. The topological polar surface area (TPSA) is 72.0 Å². The van der Waals surface area contributed by atoms with Crippen LogP contribution < -0.4 is 11.5 Å². The Bertz CT molecular complexity index is 787. The van der Waals surface area contributed by atoms with Crippen LogP contribution in [0.2, 0.25) is 0 Å². The molecule has 1 aromatic heterocycles. The van der Waals surface area contributed by atoms with Gasteiger partial charge in [0.2, 0.25) is 0 Å². The van der Waals surface area contributed by atoms with Crippen LogP contribution in [0.3, 0.4) is 0 Å². The Morgan fingerprint density at radius 2 is 1.95 bits per heavy atom. The van der Waals surface area contributed by atoms with Crippen LogP contribution in [0, 0.1) is 6.92 Å². The number of oxazole rings is 1. The number of nitrogens with two attached hydrogens (primary N) is 1. The van der Waals surface area contributed by atoms with E-state index in [0.717, 1.165) is 9.79 Å². The van der Waals surface area contributed by atoms with E-state index in [1.54, 1.807) is 17.8 Å². The minimum Gasteiger partial charge on any atom is -0.408 e. The predicted molar refractivity (Wildman–Crippen MR) is 76.5 cm³/mol. The number of H-pyrrole nitrogens is 1. The number of aromatic nitrogens is 1. The Hall–Kier alpha value is -2.14. The van der Waals surface area contributed by atoms with E-state index in [1.165, 1.54) is 5.56 Å². The van der Waals surface area contributed by atoms with Gasteiger partial charge in [0, 0.05) is 21.5 Å². The highest BCUT2D eigenvalue weighted by Crippen LogP contribution is 2.34. The number of aromatic amines is 1. The molecule has 3 N–H and O–H groups in total. The number of hydrogen-bond acceptors (Lipinski definition) is 4. The summed E-state index contributed by atoms with van der Waals surface area (Å²) in [5.74, 6) is -0.466. The molecule has 0 aliphatic carbocycles. The molecule has 0 radical (unpaired) electrons. The molecule has 0 aliphatic rings. The third-order valence-corrected chi connectivity index (χ3v) is 3.88. The van der Waals surface area contributed by atoms with Gasteiger partial charge in [0.1, 0.15) is 0 Å². The molecule has 0 aliphatic heterocycles. The average molecular weight is 272 g/mol. The summed E-state index contributed by atoms with van der Waals surface area (Å²) in [6.07, 6.45) is 0. The first-order valence-corrected chi connectivity index (χ1v) is 6.60. The van der Waals surface area contributed by atoms with E-state index in [0.29, 0.717) is 16.8 Å². The Morgan fingerprint density at radius 1 is 1.21 bits per heavy atom. The zero-order valence-corrected chi connectivity index (χ0v) is 11.1. The van der Waals surface area contributed by atoms with Gasteiger partial charge in [-0.15, -0.1) is 0 Å². The lowest BCUT2D eigenvalue weighted by Crippen LogP contribution is -1.93. The monoisotopic (exact) mass is 272 g/mol. The molecule has 0 saturated heterocycles. The quantitative estimate of drug-likeness (QED) is 0.703. The average Bonchev–Trinajstić information content (AvgIpc) is 2.72. The maximum Gasteiger partial charge on any atom is 0.417 e. The molecule has 2 aromatic carbocycles. The lowest BCUT2D eigenvalue weighted by atomic mass is 10.2. The van der Waals surface area contributed by atoms with Crippen molar-refractivity contribution in [1.82, 2.24) is 4.98 Å². The van der Waals surface area contributed by atoms with E-state index in [4.69, 9.17) is 10.2 Å². The van der Waals surface area contributed by atoms with Crippen molar-refractivity contribution < 1.29 is 4.42 Å². The lowest BCUT2D eigenvalue weighted by Gasteiger charge is -2.05. The third kappa shape index (κ3) is 2.37. The summed E-state index contributed by atoms with van der Waals surface area (Å²) >= 11 is 1.56. The molecule has 0 saturated carbocycles. The SMILES string of the molecule is Cc1ccc(Sc2cc3[nH]c(=O)oc3cc2N)cc1. The zero-order valence-electron chi connectivity index (χ0n) is 10.3. The minimum atomic E-state index is -0.466. The number of rotatable bonds is 2. The van der Waals surface area contributed by atoms with Crippen LogP contribution in [0.25, 0.3) is 11.1 Å². The fourth-order valence-corrected chi connectivity index (χ4v) is 2.69. The van der Waals surface area contributed by atoms with Crippen molar-refractivity contribution in [2.24, 2.45) is 0 Å². The molecule has 0 unspecified atom stereocenters. The van der Waals surface area contributed by atoms with Crippen LogP contribution in [0.5, 0.6) is 0 Å². The fraction of sp³-hybridized carbons (Fsp3) is 0.0714. The van der Waals surface area contributed by atoms with Crippen molar-refractivity contribution in [3.8, 4) is 0 Å². The predicted octanol–water partition coefficient (Wildman–Crippen LogP) is 3.16. The van der Waals surface area contributed by atoms with Crippen LogP contribution in [-0.2, 0) is 0 Å². The molecule has 0 fully saturated rings. The second kappa shape index (κ2) is 4.51. The summed E-state index contributed by atoms with van der Waals surface area (Å²) in [5, 5.41) is 0. The van der Waals surface area contributed by atoms with Gasteiger partial charge >= 0.3 is 5.76 Å². The molecule has 0 spiro atoms. The van der Waals surface area contributed by atoms with Crippen molar-refractivity contribution in [1.29, 1.82) is 0 Å². The standard InChI is InChI=1S/C14H12N2O2S/c1-8-2-4-9(5-3-8)19-13-7-11-12(6-10(13)15)18-14(17)16-11/h2-7H,15H2,1H3,(H,16,17). The number of nitrogen functional groups attached to an aromatic ring is 1. The minimum absolute atomic E-state index is 0.466. The molecular formula is C14H12N2O2S. The molecule has 0 atom stereocenters. The van der Waals surface area contributed by atoms with Gasteiger partial charge in [-0.05, 0) is 25.1 Å². The van der Waals surface area contributed by atoms with Gasteiger partial charge in [-0.3, -0.25) is 4.98 Å². The lowest BCUT2D eigenvalue weighted by molar-refractivity contribution is 0.555. The first-order chi connectivity index (χ1) is 9.11. The molecule has 4 nitrogen and oxygen atoms in total. The maximum absolute atomic E-state index is 11.1. The molecule has 1 heterocycles. The molecule has 3 rings (SSSR count). The fourth-order valence-electron chi connectivity index (χ4n) is 1.81. The van der Waals surface area contributed by atoms with E-state index in [9.17, 15) is 4.79 Å². The van der Waals surface area contributed by atoms with Crippen molar-refractivity contribution in [3.05, 3.63) is 52.5 Å². The van der Waals surface area contributed by atoms with Crippen LogP contribution >= 0.6 is 11.8 Å². The maximum atomic E-state index is 11.1. The number of hydrogen-bond donors (Lipinski definition) is 2. The van der Waals surface area contributed by atoms with Crippen molar-refractivity contribution in [2.75, 3.05) is 5.73 Å². The Balaban J connectivity index is 2.02. The number of nitrogens with one attached hydrogen (secondary N) is 1. The first-order valence-electron chi connectivity index (χ1n) is 5.79. The van der Waals surface area contributed by atoms with Crippen molar-refractivity contribution >= 4 is 28.5 Å². The van der Waals surface area contributed by atoms with Crippen LogP contribution in [0.1, 0.15) is 5.56 Å². The summed E-state index contributed by atoms with van der Waals surface area (Å²) in [6, 6.07) is 11.7. The number of fused-ring (bicyclic) bond motifs is 1. The van der Waals surface area contributed by atoms with Crippen LogP contribution in [0.4, 0.5) is 5.69 Å². The van der Waals surface area contributed by atoms with E-state index < -0.39 is 5.76 Å². The Labute approximate surface area is 113 Å². The highest BCUT2D eigenvalue weighted by atomic mass is 32.2. The van der Waals surface area contributed by atoms with Gasteiger partial charge in [0.15, 0.2) is 5.58 Å². The van der Waals surface area contributed by atoms with Gasteiger partial charge in [-0.1, -0.05) is 29.5 Å². The molecule has 5 heteroatoms. The summed E-state index contributed by atoms with van der Waals surface area (Å²) in [4.78, 5) is 15.8. The smallest absolute Gasteiger partial charge is 0.408 e. The molecule has 19 heavy (non-hydrogen) atoms. The summed E-state index contributed by atoms with van der Waals surface area (Å²) in [6.45, 7) is 2.05. The Kier molecular flexibility index (Phi) is 2.83. The van der Waals surface area contributed by atoms with Gasteiger partial charge in [0.05, 0.1) is 5.52 Å². The van der Waals surface area contributed by atoms with Gasteiger partial charge in [-0.2, -0.15) is 0 Å². The Morgan fingerprint density at radius 3 is 2.68 bits per heavy atom. The van der Waals surface area contributed by atoms with Crippen molar-refractivity contribution in [3.63, 3.8) is 0 Å². The molecular weight excluding hydrogens is 260 g/mol. The second-order valence-electron chi connectivity index (χ2n) is 4.32. The molecule has 96 valence electrons. The van der Waals surface area contributed by atoms with E-state index in [-0.39, 0.29) is 0 Å². The van der Waals surface area contributed by atoms with E-state index >= 15 is 0 Å². The largest absolute Gasteiger partial charge is 0.417 e. The second-order valence-corrected chi connectivity index (χ2v) is 5.43. The van der Waals surface area contributed by atoms with Gasteiger partial charge in [-0.25, -0.2) is 4.79 Å². The summed E-state index contributed by atoms with van der Waals surface area (Å²) in [7, 11) is 0. The van der Waals surface area contributed by atoms with E-state index in [2.05, 4.69) is 17.1 Å². The highest BCUT2D eigenvalue weighted by molar-refractivity contribution is 7.99. The van der Waals surface area contributed by atoms with E-state index in [1.807, 2.05) is 25.1 Å². The molecule has 0 bridgehead atoms.